The average Bonchev–Trinajstić information content (AvgIpc) is 3.63. The van der Waals surface area contributed by atoms with Crippen molar-refractivity contribution in [2.24, 2.45) is 34.7 Å². The molecule has 2 saturated carbocycles. The van der Waals surface area contributed by atoms with Gasteiger partial charge in [-0.1, -0.05) is 16.8 Å². The van der Waals surface area contributed by atoms with Crippen molar-refractivity contribution in [3.8, 4) is 0 Å². The molecule has 192 valence electrons. The molecule has 1 N–H and O–H groups in total. The lowest BCUT2D eigenvalue weighted by molar-refractivity contribution is -0.141. The van der Waals surface area contributed by atoms with E-state index in [9.17, 15) is 27.6 Å². The molecule has 4 heterocycles. The van der Waals surface area contributed by atoms with Gasteiger partial charge in [0.2, 0.25) is 11.8 Å². The molecule has 36 heavy (non-hydrogen) atoms. The van der Waals surface area contributed by atoms with Gasteiger partial charge in [-0.05, 0) is 31.2 Å². The van der Waals surface area contributed by atoms with Crippen LogP contribution in [-0.2, 0) is 25.4 Å². The highest BCUT2D eigenvalue weighted by atomic mass is 35.5. The molecule has 1 aromatic rings. The molecule has 6 atom stereocenters. The Balaban J connectivity index is 1.12. The highest BCUT2D eigenvalue weighted by Gasteiger charge is 2.70. The van der Waals surface area contributed by atoms with Crippen molar-refractivity contribution in [1.29, 1.82) is 0 Å². The van der Waals surface area contributed by atoms with E-state index in [1.54, 1.807) is 4.90 Å². The van der Waals surface area contributed by atoms with E-state index in [0.29, 0.717) is 31.4 Å². The molecule has 13 heteroatoms. The fourth-order valence-corrected chi connectivity index (χ4v) is 6.91. The summed E-state index contributed by atoms with van der Waals surface area (Å²) < 4.78 is 38.4. The normalized spacial score (nSPS) is 32.6. The second-order valence-electron chi connectivity index (χ2n) is 9.99. The number of anilines is 1. The molecule has 1 aromatic heterocycles. The molecule has 0 unspecified atom stereocenters. The first-order chi connectivity index (χ1) is 17.2. The number of imide groups is 1. The third-order valence-electron chi connectivity index (χ3n) is 8.19. The molecular weight excluding hydrogens is 503 g/mol. The van der Waals surface area contributed by atoms with Crippen LogP contribution in [0.1, 0.15) is 24.8 Å². The monoisotopic (exact) mass is 525 g/mol. The van der Waals surface area contributed by atoms with Crippen LogP contribution >= 0.6 is 11.6 Å². The number of hydrogen-bond donors (Lipinski definition) is 1. The summed E-state index contributed by atoms with van der Waals surface area (Å²) in [6.45, 7) is 1.47. The Morgan fingerprint density at radius 3 is 2.50 bits per heavy atom. The molecule has 9 nitrogen and oxygen atoms in total. The molecule has 2 bridgehead atoms. The number of fused-ring (bicyclic) bond motifs is 8. The lowest BCUT2D eigenvalue weighted by atomic mass is 9.72. The third kappa shape index (κ3) is 3.47. The van der Waals surface area contributed by atoms with Gasteiger partial charge in [-0.2, -0.15) is 13.2 Å². The number of carbonyl (C=O) groups is 3. The minimum absolute atomic E-state index is 0.0208. The second-order valence-corrected chi connectivity index (χ2v) is 10.4. The predicted molar refractivity (Wildman–Crippen MR) is 120 cm³/mol. The molecule has 2 aliphatic carbocycles. The highest BCUT2D eigenvalue weighted by molar-refractivity contribution is 6.40. The zero-order valence-electron chi connectivity index (χ0n) is 19.0. The van der Waals surface area contributed by atoms with Crippen LogP contribution < -0.4 is 5.32 Å². The Hall–Kier alpha value is -2.89. The van der Waals surface area contributed by atoms with Crippen LogP contribution in [0.4, 0.5) is 19.0 Å². The lowest BCUT2D eigenvalue weighted by Crippen LogP contribution is -2.45. The number of halogens is 4. The number of hydrogen-bond acceptors (Lipinski definition) is 7. The van der Waals surface area contributed by atoms with Crippen molar-refractivity contribution in [3.05, 3.63) is 22.8 Å². The number of nitrogens with zero attached hydrogens (tertiary/aromatic N) is 4. The number of alkyl halides is 3. The van der Waals surface area contributed by atoms with Crippen LogP contribution in [0.25, 0.3) is 0 Å². The smallest absolute Gasteiger partial charge is 0.391 e. The molecule has 0 spiro atoms. The molecular formula is C23H23ClF3N5O4. The number of oxime groups is 1. The number of pyridine rings is 1. The van der Waals surface area contributed by atoms with E-state index >= 15 is 0 Å². The largest absolute Gasteiger partial charge is 0.417 e. The number of nitrogens with one attached hydrogen (secondary N) is 1. The van der Waals surface area contributed by atoms with E-state index in [1.807, 2.05) is 0 Å². The van der Waals surface area contributed by atoms with Crippen molar-refractivity contribution >= 4 is 40.9 Å². The van der Waals surface area contributed by atoms with Crippen LogP contribution in [0.15, 0.2) is 17.4 Å². The first-order valence-electron chi connectivity index (χ1n) is 12.0. The van der Waals surface area contributed by atoms with Crippen molar-refractivity contribution in [2.45, 2.75) is 31.5 Å². The quantitative estimate of drug-likeness (QED) is 0.592. The van der Waals surface area contributed by atoms with Gasteiger partial charge in [0, 0.05) is 38.3 Å². The highest BCUT2D eigenvalue weighted by Crippen LogP contribution is 2.61. The van der Waals surface area contributed by atoms with Crippen molar-refractivity contribution in [2.75, 3.05) is 31.5 Å². The lowest BCUT2D eigenvalue weighted by Gasteiger charge is -2.30. The number of amides is 3. The summed E-state index contributed by atoms with van der Waals surface area (Å²) in [7, 11) is 0. The minimum atomic E-state index is -4.56. The first kappa shape index (κ1) is 23.5. The maximum Gasteiger partial charge on any atom is 0.417 e. The van der Waals surface area contributed by atoms with Gasteiger partial charge in [-0.3, -0.25) is 19.3 Å². The van der Waals surface area contributed by atoms with Gasteiger partial charge in [0.1, 0.15) is 11.9 Å². The fourth-order valence-electron chi connectivity index (χ4n) is 6.67. The van der Waals surface area contributed by atoms with Crippen molar-refractivity contribution in [1.82, 2.24) is 14.8 Å². The van der Waals surface area contributed by atoms with E-state index in [-0.39, 0.29) is 65.5 Å². The summed E-state index contributed by atoms with van der Waals surface area (Å²) >= 11 is 5.92. The van der Waals surface area contributed by atoms with E-state index in [4.69, 9.17) is 16.4 Å². The second kappa shape index (κ2) is 8.32. The molecule has 0 aromatic carbocycles. The van der Waals surface area contributed by atoms with Crippen molar-refractivity contribution in [3.63, 3.8) is 0 Å². The first-order valence-corrected chi connectivity index (χ1v) is 12.4. The summed E-state index contributed by atoms with van der Waals surface area (Å²) in [4.78, 5) is 51.9. The van der Waals surface area contributed by atoms with Crippen molar-refractivity contribution < 1.29 is 32.4 Å². The summed E-state index contributed by atoms with van der Waals surface area (Å²) in [5.41, 5.74) is -0.596. The Bertz CT molecular complexity index is 1170. The van der Waals surface area contributed by atoms with Crippen LogP contribution in [0.5, 0.6) is 0 Å². The standard InChI is InChI=1S/C23H23ClF3N5O4/c24-13-7-10(23(25,26)27)9-29-19(13)28-3-6-32-20(33)14-11-8-12(15(14)21(32)34)18-16(11)17(30-36-18)22(35)31-4-1-2-5-31/h7,9,11-12,14-16,18H,1-6,8H2,(H,28,29)/t11-,12+,14+,15+,16+,18+/m1/s1. The van der Waals surface area contributed by atoms with Gasteiger partial charge in [-0.15, -0.1) is 0 Å². The summed E-state index contributed by atoms with van der Waals surface area (Å²) in [5, 5.41) is 6.70. The maximum atomic E-state index is 13.3. The Morgan fingerprint density at radius 1 is 1.14 bits per heavy atom. The zero-order chi connectivity index (χ0) is 25.4. The SMILES string of the molecule is O=C(C1=NO[C@H]2[C@H]3C[C@@H]([C@@H]12)[C@@H]1C(=O)N(CCNc2ncc(C(F)(F)F)cc2Cl)C(=O)[C@@H]31)N1CCCC1. The van der Waals surface area contributed by atoms with Gasteiger partial charge in [0.15, 0.2) is 5.71 Å². The summed E-state index contributed by atoms with van der Waals surface area (Å²) in [5.74, 6) is -2.35. The van der Waals surface area contributed by atoms with E-state index < -0.39 is 23.6 Å². The van der Waals surface area contributed by atoms with Gasteiger partial charge in [0.05, 0.1) is 28.3 Å². The molecule has 3 amide bonds. The molecule has 4 fully saturated rings. The zero-order valence-corrected chi connectivity index (χ0v) is 19.8. The van der Waals surface area contributed by atoms with Crippen LogP contribution in [0.2, 0.25) is 5.02 Å². The van der Waals surface area contributed by atoms with Gasteiger partial charge in [0.25, 0.3) is 5.91 Å². The van der Waals surface area contributed by atoms with E-state index in [2.05, 4.69) is 15.5 Å². The maximum absolute atomic E-state index is 13.3. The molecule has 0 radical (unpaired) electrons. The fraction of sp³-hybridized carbons (Fsp3) is 0.609. The number of rotatable bonds is 5. The Labute approximate surface area is 209 Å². The minimum Gasteiger partial charge on any atom is -0.391 e. The molecule has 3 aliphatic heterocycles. The average molecular weight is 526 g/mol. The molecule has 5 aliphatic rings. The summed E-state index contributed by atoms with van der Waals surface area (Å²) in [6.07, 6.45) is -1.72. The molecule has 2 saturated heterocycles. The van der Waals surface area contributed by atoms with Crippen LogP contribution in [0, 0.1) is 29.6 Å². The number of likely N-dealkylation sites (tertiary alicyclic amines) is 2. The van der Waals surface area contributed by atoms with Gasteiger partial charge < -0.3 is 15.1 Å². The van der Waals surface area contributed by atoms with E-state index in [0.717, 1.165) is 18.9 Å². The third-order valence-corrected chi connectivity index (χ3v) is 8.48. The number of carbonyl (C=O) groups excluding carboxylic acids is 3. The topological polar surface area (TPSA) is 104 Å². The predicted octanol–water partition coefficient (Wildman–Crippen LogP) is 2.41. The Kier molecular flexibility index (Phi) is 5.43. The van der Waals surface area contributed by atoms with Crippen LogP contribution in [0.3, 0.4) is 0 Å². The van der Waals surface area contributed by atoms with Gasteiger partial charge >= 0.3 is 6.18 Å². The van der Waals surface area contributed by atoms with E-state index in [1.165, 1.54) is 4.90 Å². The molecule has 6 rings (SSSR count). The van der Waals surface area contributed by atoms with Crippen LogP contribution in [-0.4, -0.2) is 70.5 Å². The van der Waals surface area contributed by atoms with Gasteiger partial charge in [-0.25, -0.2) is 4.98 Å². The number of aromatic nitrogens is 1. The summed E-state index contributed by atoms with van der Waals surface area (Å²) in [6, 6.07) is 0.770. The Morgan fingerprint density at radius 2 is 1.83 bits per heavy atom.